The average Bonchev–Trinajstić information content (AvgIpc) is 3.01. The molecule has 0 unspecified atom stereocenters. The lowest BCUT2D eigenvalue weighted by Crippen LogP contribution is -2.38. The molecule has 0 spiro atoms. The zero-order valence-corrected chi connectivity index (χ0v) is 22.9. The van der Waals surface area contributed by atoms with Gasteiger partial charge in [-0.1, -0.05) is 98.5 Å². The molecule has 0 aliphatic carbocycles. The second-order valence-corrected chi connectivity index (χ2v) is 9.70. The van der Waals surface area contributed by atoms with E-state index in [1.54, 1.807) is 0 Å². The molecule has 206 valence electrons. The van der Waals surface area contributed by atoms with Crippen molar-refractivity contribution in [3.8, 4) is 0 Å². The molecule has 0 heterocycles. The summed E-state index contributed by atoms with van der Waals surface area (Å²) in [6, 6.07) is 39.4. The molecule has 0 aliphatic heterocycles. The Morgan fingerprint density at radius 3 is 0.925 bits per heavy atom. The highest BCUT2D eigenvalue weighted by Gasteiger charge is 2.13. The normalized spacial score (nSPS) is 10.5. The molecule has 6 heteroatoms. The number of rotatable bonds is 15. The summed E-state index contributed by atoms with van der Waals surface area (Å²) in [4.78, 5) is 25.4. The second-order valence-electron chi connectivity index (χ2n) is 9.70. The number of amides is 2. The molecule has 0 bridgehead atoms. The van der Waals surface area contributed by atoms with Crippen molar-refractivity contribution < 1.29 is 9.59 Å². The maximum atomic E-state index is 12.7. The van der Waals surface area contributed by atoms with Crippen LogP contribution in [0.4, 0.5) is 22.7 Å². The van der Waals surface area contributed by atoms with Crippen LogP contribution >= 0.6 is 0 Å². The minimum atomic E-state index is 0.00534. The molecule has 4 rings (SSSR count). The molecular weight excluding hydrogens is 496 g/mol. The van der Waals surface area contributed by atoms with Gasteiger partial charge in [-0.05, 0) is 61.4 Å². The summed E-state index contributed by atoms with van der Waals surface area (Å²) in [6.45, 7) is 0. The van der Waals surface area contributed by atoms with Gasteiger partial charge in [0.05, 0.1) is 22.7 Å². The number of unbranched alkanes of at least 4 members (excludes halogenated alkanes) is 5. The molecule has 2 amide bonds. The minimum Gasteiger partial charge on any atom is -0.273 e. The first-order chi connectivity index (χ1) is 19.7. The summed E-state index contributed by atoms with van der Waals surface area (Å²) in [5.74, 6) is 0.0107. The van der Waals surface area contributed by atoms with Gasteiger partial charge in [0.25, 0.3) is 0 Å². The number of carbonyl (C=O) groups is 2. The fourth-order valence-electron chi connectivity index (χ4n) is 4.50. The third-order valence-electron chi connectivity index (χ3n) is 6.59. The monoisotopic (exact) mass is 534 g/mol. The number of hydrogen-bond acceptors (Lipinski definition) is 4. The summed E-state index contributed by atoms with van der Waals surface area (Å²) < 4.78 is 0. The Hall–Kier alpha value is -4.58. The van der Waals surface area contributed by atoms with E-state index < -0.39 is 0 Å². The van der Waals surface area contributed by atoms with Gasteiger partial charge < -0.3 is 0 Å². The van der Waals surface area contributed by atoms with Crippen LogP contribution in [0.3, 0.4) is 0 Å². The molecule has 0 saturated carbocycles. The lowest BCUT2D eigenvalue weighted by molar-refractivity contribution is -0.122. The Labute approximate surface area is 237 Å². The van der Waals surface area contributed by atoms with E-state index in [4.69, 9.17) is 0 Å². The van der Waals surface area contributed by atoms with Gasteiger partial charge in [-0.25, -0.2) is 0 Å². The van der Waals surface area contributed by atoms with Crippen molar-refractivity contribution in [1.29, 1.82) is 0 Å². The van der Waals surface area contributed by atoms with Gasteiger partial charge in [0, 0.05) is 12.8 Å². The zero-order valence-electron chi connectivity index (χ0n) is 22.9. The van der Waals surface area contributed by atoms with E-state index in [-0.39, 0.29) is 11.8 Å². The number of benzene rings is 4. The highest BCUT2D eigenvalue weighted by atomic mass is 16.2. The van der Waals surface area contributed by atoms with Crippen molar-refractivity contribution in [2.45, 2.75) is 51.4 Å². The summed E-state index contributed by atoms with van der Waals surface area (Å²) in [5.41, 5.74) is 9.79. The first-order valence-corrected chi connectivity index (χ1v) is 14.1. The van der Waals surface area contributed by atoms with E-state index in [9.17, 15) is 9.59 Å². The number of hydrogen-bond donors (Lipinski definition) is 2. The van der Waals surface area contributed by atoms with Crippen LogP contribution in [0.15, 0.2) is 121 Å². The highest BCUT2D eigenvalue weighted by molar-refractivity contribution is 5.81. The lowest BCUT2D eigenvalue weighted by atomic mass is 10.1. The van der Waals surface area contributed by atoms with Crippen LogP contribution in [0.25, 0.3) is 0 Å². The van der Waals surface area contributed by atoms with Crippen LogP contribution in [0.2, 0.25) is 0 Å². The Morgan fingerprint density at radius 2 is 0.650 bits per heavy atom. The number of carbonyl (C=O) groups excluding carboxylic acids is 2. The molecular formula is C34H38N4O2. The lowest BCUT2D eigenvalue weighted by Gasteiger charge is -2.25. The van der Waals surface area contributed by atoms with Gasteiger partial charge in [-0.2, -0.15) is 0 Å². The molecule has 0 fully saturated rings. The van der Waals surface area contributed by atoms with E-state index >= 15 is 0 Å². The molecule has 0 aromatic heterocycles. The van der Waals surface area contributed by atoms with Crippen molar-refractivity contribution in [3.05, 3.63) is 121 Å². The van der Waals surface area contributed by atoms with E-state index in [1.807, 2.05) is 131 Å². The van der Waals surface area contributed by atoms with Crippen molar-refractivity contribution in [3.63, 3.8) is 0 Å². The zero-order chi connectivity index (χ0) is 27.8. The Kier molecular flexibility index (Phi) is 11.2. The third-order valence-corrected chi connectivity index (χ3v) is 6.59. The largest absolute Gasteiger partial charge is 0.273 e. The molecule has 2 N–H and O–H groups in total. The van der Waals surface area contributed by atoms with Gasteiger partial charge in [-0.3, -0.25) is 30.5 Å². The number of anilines is 4. The first-order valence-electron chi connectivity index (χ1n) is 14.1. The molecule has 4 aromatic rings. The second kappa shape index (κ2) is 15.7. The van der Waals surface area contributed by atoms with Gasteiger partial charge >= 0.3 is 0 Å². The number of para-hydroxylation sites is 4. The van der Waals surface area contributed by atoms with Crippen molar-refractivity contribution in [2.75, 3.05) is 10.0 Å². The van der Waals surface area contributed by atoms with Crippen LogP contribution in [0.1, 0.15) is 51.4 Å². The highest BCUT2D eigenvalue weighted by Crippen LogP contribution is 2.24. The van der Waals surface area contributed by atoms with Gasteiger partial charge in [0.15, 0.2) is 0 Å². The number of hydrazine groups is 2. The molecule has 4 aromatic carbocycles. The van der Waals surface area contributed by atoms with Crippen LogP contribution in [0.5, 0.6) is 0 Å². The van der Waals surface area contributed by atoms with E-state index in [0.717, 1.165) is 61.3 Å². The molecule has 0 atom stereocenters. The SMILES string of the molecule is O=C(CCCCCCCCC(=O)NN(c1ccccc1)c1ccccc1)NN(c1ccccc1)c1ccccc1. The van der Waals surface area contributed by atoms with Crippen LogP contribution < -0.4 is 20.9 Å². The topological polar surface area (TPSA) is 64.7 Å². The van der Waals surface area contributed by atoms with Crippen LogP contribution in [0, 0.1) is 0 Å². The van der Waals surface area contributed by atoms with Crippen LogP contribution in [-0.2, 0) is 9.59 Å². The van der Waals surface area contributed by atoms with Gasteiger partial charge in [0.2, 0.25) is 11.8 Å². The summed E-state index contributed by atoms with van der Waals surface area (Å²) >= 11 is 0. The maximum absolute atomic E-state index is 12.7. The first kappa shape index (κ1) is 28.4. The smallest absolute Gasteiger partial charge is 0.238 e. The van der Waals surface area contributed by atoms with Gasteiger partial charge in [-0.15, -0.1) is 0 Å². The number of nitrogens with one attached hydrogen (secondary N) is 2. The van der Waals surface area contributed by atoms with Gasteiger partial charge in [0.1, 0.15) is 0 Å². The summed E-state index contributed by atoms with van der Waals surface area (Å²) in [5, 5.41) is 3.67. The molecule has 6 nitrogen and oxygen atoms in total. The average molecular weight is 535 g/mol. The van der Waals surface area contributed by atoms with Crippen molar-refractivity contribution in [2.24, 2.45) is 0 Å². The van der Waals surface area contributed by atoms with Crippen LogP contribution in [-0.4, -0.2) is 11.8 Å². The fourth-order valence-corrected chi connectivity index (χ4v) is 4.50. The van der Waals surface area contributed by atoms with Crippen molar-refractivity contribution >= 4 is 34.6 Å². The predicted octanol–water partition coefficient (Wildman–Crippen LogP) is 7.85. The number of nitrogens with zero attached hydrogens (tertiary/aromatic N) is 2. The molecule has 0 saturated heterocycles. The van der Waals surface area contributed by atoms with E-state index in [0.29, 0.717) is 12.8 Å². The quantitative estimate of drug-likeness (QED) is 0.120. The Bertz CT molecular complexity index is 1100. The minimum absolute atomic E-state index is 0.00534. The Balaban J connectivity index is 1.13. The third kappa shape index (κ3) is 9.02. The molecule has 40 heavy (non-hydrogen) atoms. The fraction of sp³-hybridized carbons (Fsp3) is 0.235. The molecule has 0 aliphatic rings. The summed E-state index contributed by atoms with van der Waals surface area (Å²) in [7, 11) is 0. The van der Waals surface area contributed by atoms with E-state index in [2.05, 4.69) is 10.9 Å². The standard InChI is InChI=1S/C34H38N4O2/c39-33(35-37(29-19-9-5-10-20-29)30-21-11-6-12-22-30)27-17-3-1-2-4-18-28-34(40)36-38(31-23-13-7-14-24-31)32-25-15-8-16-26-32/h5-16,19-26H,1-4,17-18,27-28H2,(H,35,39)(H,36,40). The van der Waals surface area contributed by atoms with E-state index in [1.165, 1.54) is 0 Å². The summed E-state index contributed by atoms with van der Waals surface area (Å²) in [6.07, 6.45) is 6.73. The maximum Gasteiger partial charge on any atom is 0.238 e. The predicted molar refractivity (Wildman–Crippen MR) is 163 cm³/mol. The Morgan fingerprint density at radius 1 is 0.400 bits per heavy atom. The van der Waals surface area contributed by atoms with Crippen molar-refractivity contribution in [1.82, 2.24) is 10.9 Å². The molecule has 0 radical (unpaired) electrons.